The number of hydrogen-bond donors (Lipinski definition) is 2. The van der Waals surface area contributed by atoms with Crippen LogP contribution in [0.25, 0.3) is 22.2 Å². The summed E-state index contributed by atoms with van der Waals surface area (Å²) in [5.41, 5.74) is 6.23. The van der Waals surface area contributed by atoms with Gasteiger partial charge in [0.15, 0.2) is 0 Å². The number of aryl methyl sites for hydroxylation is 2. The van der Waals surface area contributed by atoms with Crippen LogP contribution in [-0.2, 0) is 11.8 Å². The molecule has 5 rings (SSSR count). The normalized spacial score (nSPS) is 15.1. The summed E-state index contributed by atoms with van der Waals surface area (Å²) in [6.07, 6.45) is 6.23. The second-order valence-electron chi connectivity index (χ2n) is 10.1. The van der Waals surface area contributed by atoms with Crippen LogP contribution in [0.4, 0.5) is 23.0 Å². The average molecular weight is 526 g/mol. The van der Waals surface area contributed by atoms with Crippen LogP contribution in [-0.4, -0.2) is 65.7 Å². The van der Waals surface area contributed by atoms with Gasteiger partial charge in [-0.3, -0.25) is 4.79 Å². The van der Waals surface area contributed by atoms with E-state index in [1.807, 2.05) is 44.4 Å². The lowest BCUT2D eigenvalue weighted by Gasteiger charge is -2.25. The van der Waals surface area contributed by atoms with Gasteiger partial charge in [0.1, 0.15) is 5.75 Å². The highest BCUT2D eigenvalue weighted by molar-refractivity contribution is 6.02. The number of carbonyl (C=O) groups is 1. The number of amides is 1. The minimum absolute atomic E-state index is 0.277. The fourth-order valence-corrected chi connectivity index (χ4v) is 5.19. The van der Waals surface area contributed by atoms with E-state index in [-0.39, 0.29) is 5.91 Å². The van der Waals surface area contributed by atoms with Gasteiger partial charge in [-0.1, -0.05) is 24.8 Å². The zero-order chi connectivity index (χ0) is 27.7. The molecule has 9 heteroatoms. The van der Waals surface area contributed by atoms with Crippen molar-refractivity contribution in [1.29, 1.82) is 0 Å². The van der Waals surface area contributed by atoms with E-state index in [1.165, 1.54) is 6.08 Å². The molecule has 3 heterocycles. The molecule has 0 radical (unpaired) electrons. The predicted molar refractivity (Wildman–Crippen MR) is 158 cm³/mol. The van der Waals surface area contributed by atoms with Gasteiger partial charge in [-0.05, 0) is 51.2 Å². The molecule has 2 aromatic heterocycles. The fraction of sp³-hybridized carbons (Fsp3) is 0.300. The molecular weight excluding hydrogens is 490 g/mol. The van der Waals surface area contributed by atoms with Crippen LogP contribution in [0.5, 0.6) is 5.75 Å². The van der Waals surface area contributed by atoms with Crippen molar-refractivity contribution < 1.29 is 9.53 Å². The van der Waals surface area contributed by atoms with E-state index in [0.29, 0.717) is 29.1 Å². The summed E-state index contributed by atoms with van der Waals surface area (Å²) < 4.78 is 7.89. The number of anilines is 4. The van der Waals surface area contributed by atoms with Crippen LogP contribution < -0.4 is 20.3 Å². The fourth-order valence-electron chi connectivity index (χ4n) is 5.19. The van der Waals surface area contributed by atoms with Crippen molar-refractivity contribution in [2.45, 2.75) is 19.4 Å². The highest BCUT2D eigenvalue weighted by Crippen LogP contribution is 2.40. The number of methoxy groups -OCH3 is 1. The zero-order valence-electron chi connectivity index (χ0n) is 23.2. The van der Waals surface area contributed by atoms with E-state index in [2.05, 4.69) is 69.0 Å². The summed E-state index contributed by atoms with van der Waals surface area (Å²) in [7, 11) is 7.86. The molecule has 1 amide bonds. The van der Waals surface area contributed by atoms with E-state index in [9.17, 15) is 4.79 Å². The first-order chi connectivity index (χ1) is 18.8. The molecule has 9 nitrogen and oxygen atoms in total. The lowest BCUT2D eigenvalue weighted by Crippen LogP contribution is -2.31. The number of para-hydroxylation sites is 1. The molecule has 1 aliphatic heterocycles. The molecule has 0 bridgehead atoms. The quantitative estimate of drug-likeness (QED) is 0.314. The summed E-state index contributed by atoms with van der Waals surface area (Å²) in [5.74, 6) is 0.788. The maximum absolute atomic E-state index is 12.4. The lowest BCUT2D eigenvalue weighted by molar-refractivity contribution is -0.111. The van der Waals surface area contributed by atoms with Gasteiger partial charge in [0.2, 0.25) is 11.9 Å². The molecule has 2 aromatic carbocycles. The highest BCUT2D eigenvalue weighted by atomic mass is 16.5. The van der Waals surface area contributed by atoms with Crippen molar-refractivity contribution in [2.75, 3.05) is 49.8 Å². The minimum atomic E-state index is -0.277. The number of fused-ring (bicyclic) bond motifs is 1. The van der Waals surface area contributed by atoms with Crippen LogP contribution in [0.2, 0.25) is 0 Å². The molecule has 1 atom stereocenters. The van der Waals surface area contributed by atoms with Crippen molar-refractivity contribution in [3.8, 4) is 17.0 Å². The molecule has 0 spiro atoms. The second-order valence-corrected chi connectivity index (χ2v) is 10.1. The largest absolute Gasteiger partial charge is 0.494 e. The molecule has 202 valence electrons. The summed E-state index contributed by atoms with van der Waals surface area (Å²) in [5, 5.41) is 7.44. The third kappa shape index (κ3) is 5.18. The molecule has 2 N–H and O–H groups in total. The Morgan fingerprint density at radius 2 is 2.03 bits per heavy atom. The predicted octanol–water partition coefficient (Wildman–Crippen LogP) is 4.96. The van der Waals surface area contributed by atoms with Crippen molar-refractivity contribution in [3.05, 3.63) is 67.0 Å². The Morgan fingerprint density at radius 3 is 2.74 bits per heavy atom. The molecule has 39 heavy (non-hydrogen) atoms. The number of likely N-dealkylation sites (N-methyl/N-ethyl adjacent to an activating group) is 1. The molecule has 0 aliphatic carbocycles. The first-order valence-corrected chi connectivity index (χ1v) is 13.0. The number of nitrogens with one attached hydrogen (secondary N) is 2. The lowest BCUT2D eigenvalue weighted by atomic mass is 10.1. The van der Waals surface area contributed by atoms with E-state index in [1.54, 1.807) is 7.11 Å². The number of rotatable bonds is 8. The summed E-state index contributed by atoms with van der Waals surface area (Å²) in [6.45, 7) is 7.37. The molecular formula is C30H35N7O2. The van der Waals surface area contributed by atoms with Crippen molar-refractivity contribution in [1.82, 2.24) is 19.4 Å². The smallest absolute Gasteiger partial charge is 0.247 e. The van der Waals surface area contributed by atoms with E-state index >= 15 is 0 Å². The maximum atomic E-state index is 12.4. The van der Waals surface area contributed by atoms with Crippen LogP contribution in [0.15, 0.2) is 61.4 Å². The molecule has 4 aromatic rings. The van der Waals surface area contributed by atoms with Crippen molar-refractivity contribution in [2.24, 2.45) is 7.05 Å². The number of benzene rings is 2. The van der Waals surface area contributed by atoms with Gasteiger partial charge in [-0.25, -0.2) is 9.97 Å². The molecule has 0 saturated carbocycles. The number of hydrogen-bond acceptors (Lipinski definition) is 7. The first-order valence-electron chi connectivity index (χ1n) is 13.0. The maximum Gasteiger partial charge on any atom is 0.247 e. The van der Waals surface area contributed by atoms with Gasteiger partial charge in [-0.15, -0.1) is 0 Å². The van der Waals surface area contributed by atoms with Gasteiger partial charge in [-0.2, -0.15) is 0 Å². The molecule has 0 unspecified atom stereocenters. The second kappa shape index (κ2) is 10.8. The van der Waals surface area contributed by atoms with E-state index in [4.69, 9.17) is 9.72 Å². The Kier molecular flexibility index (Phi) is 7.26. The van der Waals surface area contributed by atoms with Crippen molar-refractivity contribution in [3.63, 3.8) is 0 Å². The summed E-state index contributed by atoms with van der Waals surface area (Å²) in [6, 6.07) is 12.5. The van der Waals surface area contributed by atoms with Gasteiger partial charge >= 0.3 is 0 Å². The van der Waals surface area contributed by atoms with E-state index in [0.717, 1.165) is 52.9 Å². The first kappa shape index (κ1) is 26.2. The van der Waals surface area contributed by atoms with Gasteiger partial charge in [0.05, 0.1) is 29.9 Å². The van der Waals surface area contributed by atoms with Crippen LogP contribution in [0.1, 0.15) is 12.0 Å². The molecule has 1 aliphatic rings. The third-order valence-electron chi connectivity index (χ3n) is 7.37. The average Bonchev–Trinajstić information content (AvgIpc) is 3.55. The molecule has 1 fully saturated rings. The van der Waals surface area contributed by atoms with Gasteiger partial charge in [0.25, 0.3) is 0 Å². The number of nitrogens with zero attached hydrogens (tertiary/aromatic N) is 5. The summed E-state index contributed by atoms with van der Waals surface area (Å²) in [4.78, 5) is 26.3. The Balaban J connectivity index is 1.53. The highest BCUT2D eigenvalue weighted by Gasteiger charge is 2.27. The number of carbonyl (C=O) groups excluding carboxylic acids is 1. The van der Waals surface area contributed by atoms with Crippen LogP contribution >= 0.6 is 0 Å². The SMILES string of the molecule is C=CC(=O)Nc1cc(Nc2ncc(C)c(-c3cn(C)c4ccccc34)n2)c(OC)cc1N1CC[C@@H](N(C)C)C1. The topological polar surface area (TPSA) is 87.5 Å². The van der Waals surface area contributed by atoms with Gasteiger partial charge in [0, 0.05) is 61.1 Å². The number of ether oxygens (including phenoxy) is 1. The summed E-state index contributed by atoms with van der Waals surface area (Å²) >= 11 is 0. The Morgan fingerprint density at radius 1 is 1.23 bits per heavy atom. The third-order valence-corrected chi connectivity index (χ3v) is 7.37. The monoisotopic (exact) mass is 525 g/mol. The Labute approximate surface area is 229 Å². The zero-order valence-corrected chi connectivity index (χ0v) is 23.2. The van der Waals surface area contributed by atoms with Crippen LogP contribution in [0, 0.1) is 6.92 Å². The van der Waals surface area contributed by atoms with Crippen molar-refractivity contribution >= 4 is 39.8 Å². The Bertz CT molecular complexity index is 1540. The Hall–Kier alpha value is -4.37. The standard InChI is InChI=1S/C30H35N7O2/c1-7-28(38)32-23-14-24(27(39-6)15-26(23)37-13-12-20(17-37)35(3)4)33-30-31-16-19(2)29(34-30)22-18-36(5)25-11-9-8-10-21(22)25/h7-11,14-16,18,20H,1,12-13,17H2,2-6H3,(H,32,38)(H,31,33,34)/t20-/m1/s1. The molecule has 1 saturated heterocycles. The van der Waals surface area contributed by atoms with Crippen LogP contribution in [0.3, 0.4) is 0 Å². The van der Waals surface area contributed by atoms with E-state index < -0.39 is 0 Å². The number of aromatic nitrogens is 3. The minimum Gasteiger partial charge on any atom is -0.494 e. The van der Waals surface area contributed by atoms with Gasteiger partial charge < -0.3 is 29.7 Å².